The average Bonchev–Trinajstić information content (AvgIpc) is 3.84. The van der Waals surface area contributed by atoms with Crippen molar-refractivity contribution in [3.63, 3.8) is 0 Å². The molecule has 2 aliphatic heterocycles. The summed E-state index contributed by atoms with van der Waals surface area (Å²) in [6.07, 6.45) is 8.48. The predicted octanol–water partition coefficient (Wildman–Crippen LogP) is 4.63. The number of carboxylic acids is 2. The summed E-state index contributed by atoms with van der Waals surface area (Å²) in [4.78, 5) is 40.0. The Balaban J connectivity index is 0.000000609. The van der Waals surface area contributed by atoms with Gasteiger partial charge in [-0.05, 0) is 92.9 Å². The van der Waals surface area contributed by atoms with Crippen LogP contribution in [0.4, 0.5) is 0 Å². The molecule has 0 spiro atoms. The number of pyridine rings is 1. The molecule has 0 radical (unpaired) electrons. The van der Waals surface area contributed by atoms with Gasteiger partial charge in [0, 0.05) is 48.0 Å². The molecule has 1 amide bonds. The van der Waals surface area contributed by atoms with Gasteiger partial charge in [0.25, 0.3) is 5.91 Å². The number of aromatic nitrogens is 2. The third kappa shape index (κ3) is 7.79. The van der Waals surface area contributed by atoms with E-state index in [1.54, 1.807) is 7.11 Å². The van der Waals surface area contributed by atoms with Crippen molar-refractivity contribution in [3.8, 4) is 22.8 Å². The van der Waals surface area contributed by atoms with Gasteiger partial charge >= 0.3 is 11.9 Å². The van der Waals surface area contributed by atoms with E-state index in [1.807, 2.05) is 41.6 Å². The van der Waals surface area contributed by atoms with Crippen LogP contribution in [0.5, 0.6) is 11.5 Å². The maximum absolute atomic E-state index is 13.0. The minimum Gasteiger partial charge on any atom is -0.496 e. The fourth-order valence-electron chi connectivity index (χ4n) is 5.81. The number of methoxy groups -OCH3 is 1. The largest absolute Gasteiger partial charge is 0.496 e. The first-order valence-electron chi connectivity index (χ1n) is 15.2. The zero-order valence-corrected chi connectivity index (χ0v) is 25.4. The molecule has 4 aromatic rings. The molecule has 0 saturated carbocycles. The predicted molar refractivity (Wildman–Crippen MR) is 169 cm³/mol. The van der Waals surface area contributed by atoms with E-state index in [9.17, 15) is 4.79 Å². The second kappa shape index (κ2) is 14.7. The summed E-state index contributed by atoms with van der Waals surface area (Å²) >= 11 is 0. The number of aliphatic carboxylic acids is 2. The first kappa shape index (κ1) is 31.5. The molecule has 0 aliphatic carbocycles. The van der Waals surface area contributed by atoms with Gasteiger partial charge in [0.15, 0.2) is 0 Å². The van der Waals surface area contributed by atoms with Crippen LogP contribution in [-0.2, 0) is 16.1 Å². The maximum atomic E-state index is 13.0. The van der Waals surface area contributed by atoms with Crippen LogP contribution in [0.1, 0.15) is 41.6 Å². The number of amides is 1. The minimum absolute atomic E-state index is 0.0800. The Morgan fingerprint density at radius 1 is 0.867 bits per heavy atom. The van der Waals surface area contributed by atoms with E-state index >= 15 is 0 Å². The molecular formula is C34H38N4O7. The third-order valence-corrected chi connectivity index (χ3v) is 8.17. The van der Waals surface area contributed by atoms with Crippen LogP contribution in [0.2, 0.25) is 0 Å². The lowest BCUT2D eigenvalue weighted by atomic mass is 10.1. The number of hydrogen-bond donors (Lipinski definition) is 2. The highest BCUT2D eigenvalue weighted by Crippen LogP contribution is 2.32. The van der Waals surface area contributed by atoms with Crippen molar-refractivity contribution >= 4 is 28.7 Å². The fourth-order valence-corrected chi connectivity index (χ4v) is 5.81. The van der Waals surface area contributed by atoms with Crippen molar-refractivity contribution in [2.45, 2.75) is 32.2 Å². The van der Waals surface area contributed by atoms with E-state index < -0.39 is 11.9 Å². The molecule has 2 aliphatic rings. The van der Waals surface area contributed by atoms with Gasteiger partial charge in [0.05, 0.1) is 25.4 Å². The summed E-state index contributed by atoms with van der Waals surface area (Å²) in [6.45, 7) is 6.32. The van der Waals surface area contributed by atoms with Gasteiger partial charge in [-0.15, -0.1) is 0 Å². The topological polar surface area (TPSA) is 134 Å². The third-order valence-electron chi connectivity index (χ3n) is 8.17. The van der Waals surface area contributed by atoms with E-state index in [0.29, 0.717) is 18.7 Å². The molecule has 11 nitrogen and oxygen atoms in total. The summed E-state index contributed by atoms with van der Waals surface area (Å²) < 4.78 is 14.1. The van der Waals surface area contributed by atoms with Gasteiger partial charge in [-0.2, -0.15) is 0 Å². The van der Waals surface area contributed by atoms with Gasteiger partial charge in [0.2, 0.25) is 0 Å². The zero-order chi connectivity index (χ0) is 31.8. The average molecular weight is 615 g/mol. The first-order chi connectivity index (χ1) is 21.8. The lowest BCUT2D eigenvalue weighted by Gasteiger charge is -2.18. The smallest absolute Gasteiger partial charge is 0.414 e. The summed E-state index contributed by atoms with van der Waals surface area (Å²) in [5.41, 5.74) is 4.95. The highest BCUT2D eigenvalue weighted by Gasteiger charge is 2.21. The Kier molecular flexibility index (Phi) is 10.3. The molecule has 6 rings (SSSR count). The number of rotatable bonds is 9. The Bertz CT molecular complexity index is 1630. The van der Waals surface area contributed by atoms with Crippen LogP contribution >= 0.6 is 0 Å². The van der Waals surface area contributed by atoms with Crippen LogP contribution in [0.25, 0.3) is 22.2 Å². The second-order valence-corrected chi connectivity index (χ2v) is 11.1. The quantitative estimate of drug-likeness (QED) is 0.259. The summed E-state index contributed by atoms with van der Waals surface area (Å²) in [5, 5.41) is 15.9. The molecule has 11 heteroatoms. The molecule has 2 fully saturated rings. The van der Waals surface area contributed by atoms with Crippen LogP contribution in [0, 0.1) is 0 Å². The zero-order valence-electron chi connectivity index (χ0n) is 25.4. The molecule has 0 bridgehead atoms. The number of carbonyl (C=O) groups is 3. The van der Waals surface area contributed by atoms with Crippen LogP contribution in [0.3, 0.4) is 0 Å². The monoisotopic (exact) mass is 614 g/mol. The highest BCUT2D eigenvalue weighted by atomic mass is 16.5. The number of carbonyl (C=O) groups excluding carboxylic acids is 1. The lowest BCUT2D eigenvalue weighted by Crippen LogP contribution is -2.27. The Morgan fingerprint density at radius 2 is 1.56 bits per heavy atom. The van der Waals surface area contributed by atoms with Crippen molar-refractivity contribution in [2.75, 3.05) is 46.4 Å². The first-order valence-corrected chi connectivity index (χ1v) is 15.2. The number of fused-ring (bicyclic) bond motifs is 1. The van der Waals surface area contributed by atoms with Gasteiger partial charge in [0.1, 0.15) is 18.1 Å². The summed E-state index contributed by atoms with van der Waals surface area (Å²) in [7, 11) is 1.67. The van der Waals surface area contributed by atoms with Crippen molar-refractivity contribution in [2.24, 2.45) is 0 Å². The number of carboxylic acid groups (broad SMARTS) is 2. The van der Waals surface area contributed by atoms with Gasteiger partial charge in [-0.3, -0.25) is 14.7 Å². The normalized spacial score (nSPS) is 14.6. The van der Waals surface area contributed by atoms with Gasteiger partial charge in [-0.25, -0.2) is 9.59 Å². The van der Waals surface area contributed by atoms with Crippen molar-refractivity contribution < 1.29 is 34.1 Å². The van der Waals surface area contributed by atoms with E-state index in [-0.39, 0.29) is 5.91 Å². The molecule has 45 heavy (non-hydrogen) atoms. The number of hydrogen-bond acceptors (Lipinski definition) is 7. The molecule has 2 aromatic heterocycles. The van der Waals surface area contributed by atoms with Crippen LogP contribution < -0.4 is 9.47 Å². The molecule has 0 unspecified atom stereocenters. The summed E-state index contributed by atoms with van der Waals surface area (Å²) in [5.74, 6) is -1.96. The Hall–Kier alpha value is -4.90. The lowest BCUT2D eigenvalue weighted by molar-refractivity contribution is -0.159. The molecule has 0 atom stereocenters. The van der Waals surface area contributed by atoms with Gasteiger partial charge in [-0.1, -0.05) is 6.07 Å². The van der Waals surface area contributed by atoms with Crippen LogP contribution in [-0.4, -0.2) is 93.9 Å². The minimum atomic E-state index is -1.82. The molecule has 2 saturated heterocycles. The number of likely N-dealkylation sites (tertiary alicyclic amines) is 2. The second-order valence-electron chi connectivity index (χ2n) is 11.1. The van der Waals surface area contributed by atoms with E-state index in [0.717, 1.165) is 71.7 Å². The molecule has 236 valence electrons. The van der Waals surface area contributed by atoms with E-state index in [1.165, 1.54) is 25.9 Å². The molecule has 2 aromatic carbocycles. The molecule has 2 N–H and O–H groups in total. The Labute approximate surface area is 261 Å². The fraction of sp³-hybridized carbons (Fsp3) is 0.353. The Morgan fingerprint density at radius 3 is 2.22 bits per heavy atom. The molecular weight excluding hydrogens is 576 g/mol. The number of ether oxygens (including phenoxy) is 2. The van der Waals surface area contributed by atoms with Crippen molar-refractivity contribution in [1.29, 1.82) is 0 Å². The van der Waals surface area contributed by atoms with Crippen molar-refractivity contribution in [3.05, 3.63) is 78.1 Å². The number of benzene rings is 2. The summed E-state index contributed by atoms with van der Waals surface area (Å²) in [6, 6.07) is 18.4. The van der Waals surface area contributed by atoms with E-state index in [2.05, 4.69) is 44.8 Å². The maximum Gasteiger partial charge on any atom is 0.414 e. The highest BCUT2D eigenvalue weighted by molar-refractivity contribution is 6.27. The van der Waals surface area contributed by atoms with Crippen molar-refractivity contribution in [1.82, 2.24) is 19.4 Å². The standard InChI is InChI=1S/C32H36N4O3.C2H2O4/c1-38-31-21-26(32(37)35-16-4-5-17-35)6-7-27(31)23-36-29(20-25-12-13-33-22-30(25)36)24-8-10-28(11-9-24)39-19-18-34-14-2-3-15-34;3-1(4)2(5)6/h6-13,20-22H,2-5,14-19,23H2,1H3;(H,3,4)(H,5,6). The van der Waals surface area contributed by atoms with Gasteiger partial charge < -0.3 is 29.2 Å². The van der Waals surface area contributed by atoms with Crippen LogP contribution in [0.15, 0.2) is 67.0 Å². The van der Waals surface area contributed by atoms with E-state index in [4.69, 9.17) is 29.3 Å². The SMILES string of the molecule is COc1cc(C(=O)N2CCCC2)ccc1Cn1c(-c2ccc(OCCN3CCCC3)cc2)cc2ccncc21.O=C(O)C(=O)O. The number of nitrogens with zero attached hydrogens (tertiary/aromatic N) is 4. The molecule has 4 heterocycles.